The monoisotopic (exact) mass is 315 g/mol. The smallest absolute Gasteiger partial charge is 0.294 e. The summed E-state index contributed by atoms with van der Waals surface area (Å²) in [5, 5.41) is 15.0. The van der Waals surface area contributed by atoms with Crippen molar-refractivity contribution in [2.24, 2.45) is 5.10 Å². The lowest BCUT2D eigenvalue weighted by molar-refractivity contribution is -0.384. The third kappa shape index (κ3) is 3.00. The standard InChI is InChI=1S/C15H13N3O5/c1-21-13-6-10(7-14-15(13)23-9-22-14)8-16-17-11-4-2-3-5-12(11)18(19)20/h2-8,17H,9H2,1H3/b16-8+. The molecule has 0 aliphatic carbocycles. The van der Waals surface area contributed by atoms with Gasteiger partial charge in [0.1, 0.15) is 5.69 Å². The predicted octanol–water partition coefficient (Wildman–Crippen LogP) is 2.78. The zero-order chi connectivity index (χ0) is 16.2. The van der Waals surface area contributed by atoms with Crippen LogP contribution in [0.2, 0.25) is 0 Å². The Morgan fingerprint density at radius 3 is 2.96 bits per heavy atom. The maximum absolute atomic E-state index is 10.9. The van der Waals surface area contributed by atoms with Gasteiger partial charge in [0.15, 0.2) is 11.5 Å². The molecule has 0 radical (unpaired) electrons. The highest BCUT2D eigenvalue weighted by molar-refractivity contribution is 5.83. The van der Waals surface area contributed by atoms with Crippen LogP contribution in [0.4, 0.5) is 11.4 Å². The molecule has 3 rings (SSSR count). The van der Waals surface area contributed by atoms with E-state index in [4.69, 9.17) is 14.2 Å². The summed E-state index contributed by atoms with van der Waals surface area (Å²) in [6.07, 6.45) is 1.52. The fourth-order valence-electron chi connectivity index (χ4n) is 2.13. The molecule has 0 atom stereocenters. The molecule has 8 nitrogen and oxygen atoms in total. The molecule has 0 unspecified atom stereocenters. The molecule has 0 amide bonds. The van der Waals surface area contributed by atoms with Gasteiger partial charge in [-0.2, -0.15) is 5.10 Å². The van der Waals surface area contributed by atoms with Gasteiger partial charge >= 0.3 is 0 Å². The number of hydrogen-bond acceptors (Lipinski definition) is 7. The largest absolute Gasteiger partial charge is 0.493 e. The van der Waals surface area contributed by atoms with Crippen molar-refractivity contribution >= 4 is 17.6 Å². The first-order valence-electron chi connectivity index (χ1n) is 6.69. The second-order valence-corrected chi connectivity index (χ2v) is 4.60. The van der Waals surface area contributed by atoms with Gasteiger partial charge in [-0.1, -0.05) is 12.1 Å². The van der Waals surface area contributed by atoms with Crippen molar-refractivity contribution in [1.29, 1.82) is 0 Å². The van der Waals surface area contributed by atoms with Gasteiger partial charge in [0.05, 0.1) is 18.2 Å². The lowest BCUT2D eigenvalue weighted by Gasteiger charge is -2.05. The molecule has 0 saturated carbocycles. The number of anilines is 1. The molecule has 0 aromatic heterocycles. The van der Waals surface area contributed by atoms with E-state index in [2.05, 4.69) is 10.5 Å². The summed E-state index contributed by atoms with van der Waals surface area (Å²) >= 11 is 0. The van der Waals surface area contributed by atoms with Crippen molar-refractivity contribution in [3.8, 4) is 17.2 Å². The number of nitrogens with zero attached hydrogens (tertiary/aromatic N) is 2. The number of hydrazone groups is 1. The number of nitrogens with one attached hydrogen (secondary N) is 1. The van der Waals surface area contributed by atoms with Gasteiger partial charge in [-0.3, -0.25) is 15.5 Å². The van der Waals surface area contributed by atoms with Crippen molar-refractivity contribution in [3.63, 3.8) is 0 Å². The third-order valence-electron chi connectivity index (χ3n) is 3.18. The van der Waals surface area contributed by atoms with Crippen LogP contribution in [0.15, 0.2) is 41.5 Å². The highest BCUT2D eigenvalue weighted by atomic mass is 16.7. The quantitative estimate of drug-likeness (QED) is 0.518. The number of rotatable bonds is 5. The number of benzene rings is 2. The molecular formula is C15H13N3O5. The fourth-order valence-corrected chi connectivity index (χ4v) is 2.13. The highest BCUT2D eigenvalue weighted by Crippen LogP contribution is 2.41. The van der Waals surface area contributed by atoms with Gasteiger partial charge in [0.2, 0.25) is 12.5 Å². The molecular weight excluding hydrogens is 302 g/mol. The summed E-state index contributed by atoms with van der Waals surface area (Å²) < 4.78 is 15.9. The molecule has 1 heterocycles. The van der Waals surface area contributed by atoms with Crippen LogP contribution < -0.4 is 19.6 Å². The van der Waals surface area contributed by atoms with Crippen LogP contribution in [0.25, 0.3) is 0 Å². The molecule has 0 saturated heterocycles. The topological polar surface area (TPSA) is 95.2 Å². The first kappa shape index (κ1) is 14.6. The van der Waals surface area contributed by atoms with Crippen molar-refractivity contribution in [1.82, 2.24) is 0 Å². The zero-order valence-electron chi connectivity index (χ0n) is 12.2. The van der Waals surface area contributed by atoms with Crippen molar-refractivity contribution < 1.29 is 19.1 Å². The molecule has 0 fully saturated rings. The van der Waals surface area contributed by atoms with E-state index in [1.807, 2.05) is 0 Å². The number of nitro groups is 1. The SMILES string of the molecule is COc1cc(/C=N/Nc2ccccc2[N+](=O)[O-])cc2c1OCO2. The van der Waals surface area contributed by atoms with Crippen LogP contribution in [-0.2, 0) is 0 Å². The van der Waals surface area contributed by atoms with Crippen molar-refractivity contribution in [2.75, 3.05) is 19.3 Å². The first-order valence-corrected chi connectivity index (χ1v) is 6.69. The molecule has 2 aromatic rings. The van der Waals surface area contributed by atoms with Crippen LogP contribution in [0.1, 0.15) is 5.56 Å². The van der Waals surface area contributed by atoms with Gasteiger partial charge in [0.25, 0.3) is 5.69 Å². The molecule has 2 aromatic carbocycles. The minimum atomic E-state index is -0.471. The van der Waals surface area contributed by atoms with Crippen LogP contribution in [0.3, 0.4) is 0 Å². The molecule has 1 aliphatic heterocycles. The van der Waals surface area contributed by atoms with Crippen LogP contribution in [0.5, 0.6) is 17.2 Å². The predicted molar refractivity (Wildman–Crippen MR) is 83.4 cm³/mol. The van der Waals surface area contributed by atoms with Gasteiger partial charge < -0.3 is 14.2 Å². The molecule has 23 heavy (non-hydrogen) atoms. The molecule has 0 spiro atoms. The number of para-hydroxylation sites is 2. The lowest BCUT2D eigenvalue weighted by atomic mass is 10.2. The van der Waals surface area contributed by atoms with E-state index >= 15 is 0 Å². The second kappa shape index (κ2) is 6.22. The Labute approximate surface area is 131 Å². The highest BCUT2D eigenvalue weighted by Gasteiger charge is 2.19. The molecule has 0 bridgehead atoms. The number of ether oxygens (including phenoxy) is 3. The van der Waals surface area contributed by atoms with E-state index in [9.17, 15) is 10.1 Å². The summed E-state index contributed by atoms with van der Waals surface area (Å²) in [4.78, 5) is 10.5. The van der Waals surface area contributed by atoms with E-state index in [0.717, 1.165) is 0 Å². The Kier molecular flexibility index (Phi) is 3.96. The summed E-state index contributed by atoms with van der Waals surface area (Å²) in [6.45, 7) is 0.140. The summed E-state index contributed by atoms with van der Waals surface area (Å²) in [5.74, 6) is 1.65. The number of fused-ring (bicyclic) bond motifs is 1. The van der Waals surface area contributed by atoms with E-state index < -0.39 is 4.92 Å². The third-order valence-corrected chi connectivity index (χ3v) is 3.18. The van der Waals surface area contributed by atoms with Crippen LogP contribution in [0, 0.1) is 10.1 Å². The Hall–Kier alpha value is -3.29. The van der Waals surface area contributed by atoms with Crippen molar-refractivity contribution in [2.45, 2.75) is 0 Å². The maximum Gasteiger partial charge on any atom is 0.294 e. The zero-order valence-corrected chi connectivity index (χ0v) is 12.2. The molecule has 118 valence electrons. The van der Waals surface area contributed by atoms with E-state index in [1.54, 1.807) is 30.3 Å². The van der Waals surface area contributed by atoms with Crippen molar-refractivity contribution in [3.05, 3.63) is 52.1 Å². The minimum absolute atomic E-state index is 0.0482. The molecule has 1 aliphatic rings. The van der Waals surface area contributed by atoms with Gasteiger partial charge in [-0.15, -0.1) is 0 Å². The average Bonchev–Trinajstić information content (AvgIpc) is 3.03. The van der Waals surface area contributed by atoms with E-state index in [0.29, 0.717) is 28.5 Å². The van der Waals surface area contributed by atoms with Crippen LogP contribution in [-0.4, -0.2) is 25.0 Å². The summed E-state index contributed by atoms with van der Waals surface area (Å²) in [7, 11) is 1.53. The normalized spacial score (nSPS) is 12.4. The number of methoxy groups -OCH3 is 1. The van der Waals surface area contributed by atoms with Gasteiger partial charge in [-0.05, 0) is 18.2 Å². The Morgan fingerprint density at radius 2 is 2.17 bits per heavy atom. The van der Waals surface area contributed by atoms with E-state index in [1.165, 1.54) is 19.4 Å². The molecule has 1 N–H and O–H groups in total. The number of nitro benzene ring substituents is 1. The van der Waals surface area contributed by atoms with Gasteiger partial charge in [-0.25, -0.2) is 0 Å². The minimum Gasteiger partial charge on any atom is -0.493 e. The average molecular weight is 315 g/mol. The van der Waals surface area contributed by atoms with E-state index in [-0.39, 0.29) is 12.5 Å². The second-order valence-electron chi connectivity index (χ2n) is 4.60. The number of hydrogen-bond donors (Lipinski definition) is 1. The van der Waals surface area contributed by atoms with Crippen LogP contribution >= 0.6 is 0 Å². The first-order chi connectivity index (χ1) is 11.2. The Morgan fingerprint density at radius 1 is 1.35 bits per heavy atom. The fraction of sp³-hybridized carbons (Fsp3) is 0.133. The Balaban J connectivity index is 1.80. The summed E-state index contributed by atoms with van der Waals surface area (Å²) in [6, 6.07) is 9.74. The van der Waals surface area contributed by atoms with Gasteiger partial charge in [0, 0.05) is 11.6 Å². The summed E-state index contributed by atoms with van der Waals surface area (Å²) in [5.41, 5.74) is 3.63. The molecule has 8 heteroatoms. The lowest BCUT2D eigenvalue weighted by Crippen LogP contribution is -1.96. The maximum atomic E-state index is 10.9. The Bertz CT molecular complexity index is 776.